The second-order valence-corrected chi connectivity index (χ2v) is 4.54. The number of carbonyl (C=O) groups excluding carboxylic acids is 1. The summed E-state index contributed by atoms with van der Waals surface area (Å²) in [6.07, 6.45) is 5.63. The Kier molecular flexibility index (Phi) is 3.13. The lowest BCUT2D eigenvalue weighted by molar-refractivity contribution is 0.0889. The molecule has 0 radical (unpaired) electrons. The zero-order valence-electron chi connectivity index (χ0n) is 9.41. The molecule has 0 amide bonds. The van der Waals surface area contributed by atoms with Crippen LogP contribution in [0, 0.1) is 5.92 Å². The molecule has 2 rings (SSSR count). The fraction of sp³-hybridized carbons (Fsp3) is 0.462. The molecule has 1 aromatic carbocycles. The third kappa shape index (κ3) is 2.18. The van der Waals surface area contributed by atoms with E-state index in [1.165, 1.54) is 19.3 Å². The van der Waals surface area contributed by atoms with Gasteiger partial charge in [-0.25, -0.2) is 0 Å². The van der Waals surface area contributed by atoms with Crippen molar-refractivity contribution in [2.24, 2.45) is 5.92 Å². The lowest BCUT2D eigenvalue weighted by Crippen LogP contribution is -2.18. The van der Waals surface area contributed by atoms with Crippen LogP contribution in [0.2, 0.25) is 0 Å². The van der Waals surface area contributed by atoms with Crippen LogP contribution in [0.3, 0.4) is 0 Å². The van der Waals surface area contributed by atoms with E-state index in [0.29, 0.717) is 16.9 Å². The molecule has 1 fully saturated rings. The van der Waals surface area contributed by atoms with Gasteiger partial charge in [-0.05, 0) is 31.0 Å². The highest BCUT2D eigenvalue weighted by Crippen LogP contribution is 2.28. The Morgan fingerprint density at radius 2 is 1.75 bits per heavy atom. The van der Waals surface area contributed by atoms with E-state index in [9.17, 15) is 4.79 Å². The first-order valence-corrected chi connectivity index (χ1v) is 5.87. The maximum atomic E-state index is 12.2. The van der Waals surface area contributed by atoms with Crippen molar-refractivity contribution in [3.63, 3.8) is 0 Å². The second-order valence-electron chi connectivity index (χ2n) is 4.54. The van der Waals surface area contributed by atoms with Crippen LogP contribution in [-0.4, -0.2) is 5.78 Å². The molecule has 86 valence electrons. The number of carbonyl (C=O) groups is 1. The molecular formula is C13H18N2O. The summed E-state index contributed by atoms with van der Waals surface area (Å²) < 4.78 is 0. The fourth-order valence-corrected chi connectivity index (χ4v) is 2.33. The Bertz CT molecular complexity index is 395. The van der Waals surface area contributed by atoms with Crippen LogP contribution in [0.15, 0.2) is 18.2 Å². The van der Waals surface area contributed by atoms with E-state index in [2.05, 4.69) is 0 Å². The predicted octanol–water partition coefficient (Wildman–Crippen LogP) is 2.61. The molecule has 3 nitrogen and oxygen atoms in total. The van der Waals surface area contributed by atoms with E-state index in [1.807, 2.05) is 0 Å². The van der Waals surface area contributed by atoms with Gasteiger partial charge in [0.15, 0.2) is 5.78 Å². The summed E-state index contributed by atoms with van der Waals surface area (Å²) in [6, 6.07) is 5.19. The normalized spacial score (nSPS) is 17.2. The maximum absolute atomic E-state index is 12.2. The molecule has 0 aromatic heterocycles. The third-order valence-electron chi connectivity index (χ3n) is 3.35. The maximum Gasteiger partial charge on any atom is 0.166 e. The lowest BCUT2D eigenvalue weighted by Gasteiger charge is -2.20. The van der Waals surface area contributed by atoms with E-state index in [0.717, 1.165) is 12.8 Å². The highest BCUT2D eigenvalue weighted by atomic mass is 16.1. The number of anilines is 2. The number of Topliss-reactive ketones (excluding diaryl/α,β-unsaturated/α-hetero) is 1. The van der Waals surface area contributed by atoms with Crippen LogP contribution in [0.5, 0.6) is 0 Å². The topological polar surface area (TPSA) is 69.1 Å². The molecule has 0 spiro atoms. The van der Waals surface area contributed by atoms with Gasteiger partial charge in [-0.1, -0.05) is 19.3 Å². The van der Waals surface area contributed by atoms with Crippen LogP contribution in [0.4, 0.5) is 11.4 Å². The lowest BCUT2D eigenvalue weighted by atomic mass is 9.84. The van der Waals surface area contributed by atoms with E-state index in [4.69, 9.17) is 11.5 Å². The monoisotopic (exact) mass is 218 g/mol. The van der Waals surface area contributed by atoms with Gasteiger partial charge in [0.1, 0.15) is 0 Å². The summed E-state index contributed by atoms with van der Waals surface area (Å²) in [5.74, 6) is 0.420. The molecular weight excluding hydrogens is 200 g/mol. The minimum Gasteiger partial charge on any atom is -0.397 e. The van der Waals surface area contributed by atoms with Crippen LogP contribution in [-0.2, 0) is 0 Å². The van der Waals surface area contributed by atoms with Gasteiger partial charge in [0, 0.05) is 11.5 Å². The number of benzene rings is 1. The standard InChI is InChI=1S/C13H18N2O/c14-11-7-6-10(8-12(11)15)13(16)9-4-2-1-3-5-9/h6-9H,1-5,14-15H2. The minimum atomic E-state index is 0.191. The van der Waals surface area contributed by atoms with Gasteiger partial charge in [-0.15, -0.1) is 0 Å². The van der Waals surface area contributed by atoms with E-state index >= 15 is 0 Å². The molecule has 0 aliphatic heterocycles. The summed E-state index contributed by atoms with van der Waals surface area (Å²) in [7, 11) is 0. The van der Waals surface area contributed by atoms with Crippen LogP contribution >= 0.6 is 0 Å². The predicted molar refractivity (Wildman–Crippen MR) is 66.2 cm³/mol. The summed E-state index contributed by atoms with van der Waals surface area (Å²) in [5, 5.41) is 0. The number of nitrogens with two attached hydrogens (primary N) is 2. The summed E-state index contributed by atoms with van der Waals surface area (Å²) >= 11 is 0. The van der Waals surface area contributed by atoms with Gasteiger partial charge < -0.3 is 11.5 Å². The SMILES string of the molecule is Nc1ccc(C(=O)C2CCCCC2)cc1N. The highest BCUT2D eigenvalue weighted by molar-refractivity contribution is 5.99. The van der Waals surface area contributed by atoms with Crippen molar-refractivity contribution in [2.75, 3.05) is 11.5 Å². The summed E-state index contributed by atoms with van der Waals surface area (Å²) in [5.41, 5.74) is 13.1. The Morgan fingerprint density at radius 3 is 2.38 bits per heavy atom. The summed E-state index contributed by atoms with van der Waals surface area (Å²) in [4.78, 5) is 12.2. The molecule has 0 unspecified atom stereocenters. The van der Waals surface area contributed by atoms with Gasteiger partial charge in [0.05, 0.1) is 11.4 Å². The minimum absolute atomic E-state index is 0.191. The quantitative estimate of drug-likeness (QED) is 0.592. The fourth-order valence-electron chi connectivity index (χ4n) is 2.33. The molecule has 0 bridgehead atoms. The van der Waals surface area contributed by atoms with Gasteiger partial charge in [0.2, 0.25) is 0 Å². The number of rotatable bonds is 2. The molecule has 1 aromatic rings. The van der Waals surface area contributed by atoms with Crippen LogP contribution in [0.25, 0.3) is 0 Å². The first-order valence-electron chi connectivity index (χ1n) is 5.87. The number of ketones is 1. The van der Waals surface area contributed by atoms with Crippen molar-refractivity contribution >= 4 is 17.2 Å². The van der Waals surface area contributed by atoms with Crippen molar-refractivity contribution in [2.45, 2.75) is 32.1 Å². The zero-order valence-corrected chi connectivity index (χ0v) is 9.41. The molecule has 4 N–H and O–H groups in total. The second kappa shape index (κ2) is 4.56. The molecule has 1 aliphatic rings. The summed E-state index contributed by atoms with van der Waals surface area (Å²) in [6.45, 7) is 0. The van der Waals surface area contributed by atoms with Crippen molar-refractivity contribution in [1.29, 1.82) is 0 Å². The van der Waals surface area contributed by atoms with Crippen LogP contribution < -0.4 is 11.5 Å². The van der Waals surface area contributed by atoms with Crippen molar-refractivity contribution in [3.05, 3.63) is 23.8 Å². The average molecular weight is 218 g/mol. The number of nitrogen functional groups attached to an aromatic ring is 2. The number of hydrogen-bond donors (Lipinski definition) is 2. The van der Waals surface area contributed by atoms with E-state index in [-0.39, 0.29) is 11.7 Å². The highest BCUT2D eigenvalue weighted by Gasteiger charge is 2.22. The van der Waals surface area contributed by atoms with Crippen molar-refractivity contribution < 1.29 is 4.79 Å². The Morgan fingerprint density at radius 1 is 1.06 bits per heavy atom. The smallest absolute Gasteiger partial charge is 0.166 e. The molecule has 1 saturated carbocycles. The Labute approximate surface area is 95.8 Å². The van der Waals surface area contributed by atoms with Crippen molar-refractivity contribution in [3.8, 4) is 0 Å². The number of hydrogen-bond acceptors (Lipinski definition) is 3. The molecule has 3 heteroatoms. The van der Waals surface area contributed by atoms with E-state index < -0.39 is 0 Å². The van der Waals surface area contributed by atoms with E-state index in [1.54, 1.807) is 18.2 Å². The van der Waals surface area contributed by atoms with Crippen molar-refractivity contribution in [1.82, 2.24) is 0 Å². The third-order valence-corrected chi connectivity index (χ3v) is 3.35. The molecule has 0 atom stereocenters. The Balaban J connectivity index is 2.16. The molecule has 0 heterocycles. The molecule has 0 saturated heterocycles. The first kappa shape index (κ1) is 11.0. The van der Waals surface area contributed by atoms with Crippen LogP contribution in [0.1, 0.15) is 42.5 Å². The van der Waals surface area contributed by atoms with Gasteiger partial charge in [-0.3, -0.25) is 4.79 Å². The largest absolute Gasteiger partial charge is 0.397 e. The first-order chi connectivity index (χ1) is 7.68. The van der Waals surface area contributed by atoms with Gasteiger partial charge in [-0.2, -0.15) is 0 Å². The zero-order chi connectivity index (χ0) is 11.5. The Hall–Kier alpha value is -1.51. The molecule has 1 aliphatic carbocycles. The van der Waals surface area contributed by atoms with Gasteiger partial charge in [0.25, 0.3) is 0 Å². The average Bonchev–Trinajstić information content (AvgIpc) is 2.33. The molecule has 16 heavy (non-hydrogen) atoms. The van der Waals surface area contributed by atoms with Gasteiger partial charge >= 0.3 is 0 Å².